The van der Waals surface area contributed by atoms with Crippen LogP contribution in [0.3, 0.4) is 0 Å². The van der Waals surface area contributed by atoms with Crippen molar-refractivity contribution >= 4 is 0 Å². The van der Waals surface area contributed by atoms with E-state index >= 15 is 0 Å². The summed E-state index contributed by atoms with van der Waals surface area (Å²) in [5.74, 6) is 2.10. The monoisotopic (exact) mass is 263 g/mol. The van der Waals surface area contributed by atoms with Crippen molar-refractivity contribution in [2.24, 2.45) is 5.92 Å². The van der Waals surface area contributed by atoms with Crippen LogP contribution in [0, 0.1) is 5.92 Å². The Balaban J connectivity index is 1.46. The van der Waals surface area contributed by atoms with Crippen molar-refractivity contribution in [3.8, 4) is 0 Å². The van der Waals surface area contributed by atoms with Crippen molar-refractivity contribution in [3.63, 3.8) is 0 Å². The maximum absolute atomic E-state index is 5.53. The second-order valence-electron chi connectivity index (χ2n) is 5.92. The maximum Gasteiger partial charge on any atom is 0.122 e. The van der Waals surface area contributed by atoms with Crippen LogP contribution >= 0.6 is 0 Å². The van der Waals surface area contributed by atoms with Gasteiger partial charge in [0.05, 0.1) is 12.8 Å². The molecule has 1 aromatic heterocycles. The molecule has 0 amide bonds. The molecule has 1 aliphatic heterocycles. The molecule has 2 fully saturated rings. The van der Waals surface area contributed by atoms with Gasteiger partial charge in [0.1, 0.15) is 5.76 Å². The smallest absolute Gasteiger partial charge is 0.122 e. The van der Waals surface area contributed by atoms with Gasteiger partial charge < -0.3 is 14.6 Å². The Morgan fingerprint density at radius 2 is 1.95 bits per heavy atom. The van der Waals surface area contributed by atoms with Gasteiger partial charge in [0.25, 0.3) is 0 Å². The molecule has 0 unspecified atom stereocenters. The van der Waals surface area contributed by atoms with Gasteiger partial charge in [-0.2, -0.15) is 0 Å². The third kappa shape index (κ3) is 3.59. The van der Waals surface area contributed by atoms with Crippen molar-refractivity contribution < 1.29 is 4.42 Å². The molecule has 4 nitrogen and oxygen atoms in total. The van der Waals surface area contributed by atoms with Crippen molar-refractivity contribution in [1.29, 1.82) is 0 Å². The SMILES string of the molecule is CNCc1occc1CN1CCN(CC2CC2)CC1. The normalized spacial score (nSPS) is 21.9. The molecule has 1 aliphatic carbocycles. The van der Waals surface area contributed by atoms with E-state index in [0.717, 1.165) is 24.8 Å². The van der Waals surface area contributed by atoms with Gasteiger partial charge in [-0.3, -0.25) is 4.90 Å². The Kier molecular flexibility index (Phi) is 4.21. The zero-order valence-electron chi connectivity index (χ0n) is 11.9. The highest BCUT2D eigenvalue weighted by Gasteiger charge is 2.26. The molecule has 0 bridgehead atoms. The first-order chi connectivity index (χ1) is 9.35. The Morgan fingerprint density at radius 1 is 1.21 bits per heavy atom. The molecule has 0 atom stereocenters. The van der Waals surface area contributed by atoms with Gasteiger partial charge in [-0.05, 0) is 31.9 Å². The topological polar surface area (TPSA) is 31.7 Å². The highest BCUT2D eigenvalue weighted by Crippen LogP contribution is 2.30. The summed E-state index contributed by atoms with van der Waals surface area (Å²) in [6, 6.07) is 2.11. The van der Waals surface area contributed by atoms with E-state index in [1.807, 2.05) is 13.3 Å². The lowest BCUT2D eigenvalue weighted by atomic mass is 10.2. The molecular formula is C15H25N3O. The summed E-state index contributed by atoms with van der Waals surface area (Å²) in [5.41, 5.74) is 1.34. The van der Waals surface area contributed by atoms with Gasteiger partial charge >= 0.3 is 0 Å². The molecule has 4 heteroatoms. The molecule has 2 aliphatic rings. The Hall–Kier alpha value is -0.840. The van der Waals surface area contributed by atoms with Gasteiger partial charge in [0.15, 0.2) is 0 Å². The minimum Gasteiger partial charge on any atom is -0.468 e. The average Bonchev–Trinajstić information content (AvgIpc) is 3.13. The lowest BCUT2D eigenvalue weighted by molar-refractivity contribution is 0.123. The number of rotatable bonds is 6. The van der Waals surface area contributed by atoms with E-state index in [4.69, 9.17) is 4.42 Å². The van der Waals surface area contributed by atoms with E-state index in [-0.39, 0.29) is 0 Å². The molecular weight excluding hydrogens is 238 g/mol. The first-order valence-corrected chi connectivity index (χ1v) is 7.49. The minimum absolute atomic E-state index is 0.823. The molecule has 1 saturated heterocycles. The number of piperazine rings is 1. The van der Waals surface area contributed by atoms with Crippen LogP contribution in [0.5, 0.6) is 0 Å². The fraction of sp³-hybridized carbons (Fsp3) is 0.733. The third-order valence-electron chi connectivity index (χ3n) is 4.25. The largest absolute Gasteiger partial charge is 0.468 e. The molecule has 19 heavy (non-hydrogen) atoms. The van der Waals surface area contributed by atoms with E-state index in [1.165, 1.54) is 51.1 Å². The van der Waals surface area contributed by atoms with E-state index in [2.05, 4.69) is 21.2 Å². The van der Waals surface area contributed by atoms with E-state index in [0.29, 0.717) is 0 Å². The second-order valence-corrected chi connectivity index (χ2v) is 5.92. The van der Waals surface area contributed by atoms with Gasteiger partial charge in [0, 0.05) is 44.8 Å². The molecule has 106 valence electrons. The van der Waals surface area contributed by atoms with Crippen LogP contribution in [0.15, 0.2) is 16.7 Å². The maximum atomic E-state index is 5.53. The molecule has 3 rings (SSSR count). The quantitative estimate of drug-likeness (QED) is 0.843. The van der Waals surface area contributed by atoms with Crippen LogP contribution in [-0.4, -0.2) is 49.6 Å². The van der Waals surface area contributed by atoms with Crippen LogP contribution in [0.2, 0.25) is 0 Å². The van der Waals surface area contributed by atoms with E-state index in [1.54, 1.807) is 0 Å². The predicted molar refractivity (Wildman–Crippen MR) is 75.9 cm³/mol. The predicted octanol–water partition coefficient (Wildman–Crippen LogP) is 1.53. The van der Waals surface area contributed by atoms with Crippen LogP contribution in [0.25, 0.3) is 0 Å². The number of hydrogen-bond acceptors (Lipinski definition) is 4. The van der Waals surface area contributed by atoms with Gasteiger partial charge in [-0.25, -0.2) is 0 Å². The summed E-state index contributed by atoms with van der Waals surface area (Å²) in [7, 11) is 1.96. The number of nitrogens with one attached hydrogen (secondary N) is 1. The third-order valence-corrected chi connectivity index (χ3v) is 4.25. The zero-order chi connectivity index (χ0) is 13.1. The van der Waals surface area contributed by atoms with Crippen molar-refractivity contribution in [3.05, 3.63) is 23.7 Å². The van der Waals surface area contributed by atoms with Gasteiger partial charge in [-0.15, -0.1) is 0 Å². The highest BCUT2D eigenvalue weighted by atomic mass is 16.3. The Morgan fingerprint density at radius 3 is 2.63 bits per heavy atom. The van der Waals surface area contributed by atoms with Crippen LogP contribution in [-0.2, 0) is 13.1 Å². The molecule has 1 aromatic rings. The first-order valence-electron chi connectivity index (χ1n) is 7.49. The summed E-state index contributed by atoms with van der Waals surface area (Å²) in [5, 5.41) is 3.16. The molecule has 1 N–H and O–H groups in total. The molecule has 0 aromatic carbocycles. The van der Waals surface area contributed by atoms with Gasteiger partial charge in [0.2, 0.25) is 0 Å². The van der Waals surface area contributed by atoms with Crippen molar-refractivity contribution in [2.75, 3.05) is 39.8 Å². The highest BCUT2D eigenvalue weighted by molar-refractivity contribution is 5.16. The summed E-state index contributed by atoms with van der Waals surface area (Å²) < 4.78 is 5.53. The summed E-state index contributed by atoms with van der Waals surface area (Å²) >= 11 is 0. The van der Waals surface area contributed by atoms with Gasteiger partial charge in [-0.1, -0.05) is 0 Å². The molecule has 0 spiro atoms. The number of furan rings is 1. The average molecular weight is 263 g/mol. The summed E-state index contributed by atoms with van der Waals surface area (Å²) in [6.45, 7) is 8.04. The lowest BCUT2D eigenvalue weighted by Gasteiger charge is -2.34. The summed E-state index contributed by atoms with van der Waals surface area (Å²) in [6.07, 6.45) is 4.73. The fourth-order valence-electron chi connectivity index (χ4n) is 2.86. The number of hydrogen-bond donors (Lipinski definition) is 1. The van der Waals surface area contributed by atoms with Crippen LogP contribution < -0.4 is 5.32 Å². The number of nitrogens with zero attached hydrogens (tertiary/aromatic N) is 2. The minimum atomic E-state index is 0.823. The van der Waals surface area contributed by atoms with E-state index in [9.17, 15) is 0 Å². The van der Waals surface area contributed by atoms with E-state index < -0.39 is 0 Å². The molecule has 2 heterocycles. The zero-order valence-corrected chi connectivity index (χ0v) is 11.9. The fourth-order valence-corrected chi connectivity index (χ4v) is 2.86. The first kappa shape index (κ1) is 13.2. The van der Waals surface area contributed by atoms with Crippen LogP contribution in [0.4, 0.5) is 0 Å². The lowest BCUT2D eigenvalue weighted by Crippen LogP contribution is -2.46. The standard InChI is InChI=1S/C15H25N3O/c1-16-10-15-14(4-9-19-15)12-18-7-5-17(6-8-18)11-13-2-3-13/h4,9,13,16H,2-3,5-8,10-12H2,1H3. The van der Waals surface area contributed by atoms with Crippen LogP contribution in [0.1, 0.15) is 24.2 Å². The molecule has 1 saturated carbocycles. The van der Waals surface area contributed by atoms with Crippen molar-refractivity contribution in [2.45, 2.75) is 25.9 Å². The molecule has 0 radical (unpaired) electrons. The Bertz CT molecular complexity index is 392. The summed E-state index contributed by atoms with van der Waals surface area (Å²) in [4.78, 5) is 5.19. The Labute approximate surface area is 115 Å². The van der Waals surface area contributed by atoms with Crippen molar-refractivity contribution in [1.82, 2.24) is 15.1 Å². The second kappa shape index (κ2) is 6.07.